The summed E-state index contributed by atoms with van der Waals surface area (Å²) in [5, 5.41) is 6.92. The number of benzene rings is 2. The summed E-state index contributed by atoms with van der Waals surface area (Å²) in [6, 6.07) is 17.3. The van der Waals surface area contributed by atoms with Crippen LogP contribution in [0.15, 0.2) is 54.6 Å². The number of anilines is 1. The predicted molar refractivity (Wildman–Crippen MR) is 96.6 cm³/mol. The van der Waals surface area contributed by atoms with Gasteiger partial charge >= 0.3 is 5.97 Å². The Morgan fingerprint density at radius 3 is 2.57 bits per heavy atom. The number of thiocarbonyl (C=S) groups is 1. The van der Waals surface area contributed by atoms with Gasteiger partial charge in [0.15, 0.2) is 5.11 Å². The number of carbonyl (C=O) groups excluding carboxylic acids is 1. The second-order valence-electron chi connectivity index (χ2n) is 5.04. The lowest BCUT2D eigenvalue weighted by Gasteiger charge is -2.20. The minimum absolute atomic E-state index is 0.139. The smallest absolute Gasteiger partial charge is 0.337 e. The fraction of sp³-hybridized carbons (Fsp3) is 0.222. The normalized spacial score (nSPS) is 11.4. The third kappa shape index (κ3) is 4.79. The molecule has 0 saturated carbocycles. The highest BCUT2D eigenvalue weighted by Gasteiger charge is 2.11. The Morgan fingerprint density at radius 2 is 1.91 bits per heavy atom. The number of hydrogen-bond acceptors (Lipinski definition) is 3. The summed E-state index contributed by atoms with van der Waals surface area (Å²) >= 11 is 5.38. The van der Waals surface area contributed by atoms with Crippen LogP contribution in [0.2, 0.25) is 0 Å². The Morgan fingerprint density at radius 1 is 1.17 bits per heavy atom. The molecule has 2 aromatic rings. The van der Waals surface area contributed by atoms with Crippen LogP contribution < -0.4 is 10.6 Å². The Hall–Kier alpha value is -2.40. The maximum atomic E-state index is 11.6. The van der Waals surface area contributed by atoms with Crippen molar-refractivity contribution in [2.24, 2.45) is 0 Å². The highest BCUT2D eigenvalue weighted by Crippen LogP contribution is 2.17. The molecular formula is C18H20N2O2S. The van der Waals surface area contributed by atoms with E-state index in [1.807, 2.05) is 24.3 Å². The molecule has 0 aromatic heterocycles. The fourth-order valence-corrected chi connectivity index (χ4v) is 2.53. The van der Waals surface area contributed by atoms with E-state index in [0.717, 1.165) is 12.1 Å². The lowest BCUT2D eigenvalue weighted by Crippen LogP contribution is -2.32. The molecule has 120 valence electrons. The average molecular weight is 328 g/mol. The molecule has 0 saturated heterocycles. The third-order valence-electron chi connectivity index (χ3n) is 3.46. The standard InChI is InChI=1S/C18H20N2O2S/c1-3-16(13-8-5-4-6-9-13)20-18(23)19-15-11-7-10-14(12-15)17(21)22-2/h4-12,16H,3H2,1-2H3,(H2,19,20,23)/t16-/m1/s1. The van der Waals surface area contributed by atoms with E-state index < -0.39 is 0 Å². The molecule has 2 aromatic carbocycles. The summed E-state index contributed by atoms with van der Waals surface area (Å²) in [5.41, 5.74) is 2.41. The largest absolute Gasteiger partial charge is 0.465 e. The summed E-state index contributed by atoms with van der Waals surface area (Å²) in [4.78, 5) is 11.6. The van der Waals surface area contributed by atoms with Crippen molar-refractivity contribution in [3.05, 3.63) is 65.7 Å². The van der Waals surface area contributed by atoms with Crippen LogP contribution in [0.1, 0.15) is 35.3 Å². The van der Waals surface area contributed by atoms with Crippen molar-refractivity contribution < 1.29 is 9.53 Å². The van der Waals surface area contributed by atoms with Gasteiger partial charge < -0.3 is 15.4 Å². The van der Waals surface area contributed by atoms with Gasteiger partial charge in [-0.2, -0.15) is 0 Å². The van der Waals surface area contributed by atoms with E-state index in [2.05, 4.69) is 29.7 Å². The minimum atomic E-state index is -0.372. The molecule has 1 atom stereocenters. The molecule has 2 rings (SSSR count). The van der Waals surface area contributed by atoms with E-state index in [9.17, 15) is 4.79 Å². The monoisotopic (exact) mass is 328 g/mol. The van der Waals surface area contributed by atoms with Crippen molar-refractivity contribution in [3.63, 3.8) is 0 Å². The van der Waals surface area contributed by atoms with Gasteiger partial charge in [0, 0.05) is 5.69 Å². The van der Waals surface area contributed by atoms with Crippen molar-refractivity contribution in [1.82, 2.24) is 5.32 Å². The molecule has 0 spiro atoms. The van der Waals surface area contributed by atoms with Gasteiger partial charge in [-0.25, -0.2) is 4.79 Å². The van der Waals surface area contributed by atoms with Crippen LogP contribution in [-0.4, -0.2) is 18.2 Å². The van der Waals surface area contributed by atoms with E-state index in [-0.39, 0.29) is 12.0 Å². The Balaban J connectivity index is 2.03. The van der Waals surface area contributed by atoms with Crippen molar-refractivity contribution in [3.8, 4) is 0 Å². The molecule has 0 bridgehead atoms. The van der Waals surface area contributed by atoms with E-state index in [1.54, 1.807) is 18.2 Å². The maximum Gasteiger partial charge on any atom is 0.337 e. The maximum absolute atomic E-state index is 11.6. The zero-order valence-electron chi connectivity index (χ0n) is 13.2. The number of ether oxygens (including phenoxy) is 1. The highest BCUT2D eigenvalue weighted by molar-refractivity contribution is 7.80. The molecule has 2 N–H and O–H groups in total. The highest BCUT2D eigenvalue weighted by atomic mass is 32.1. The average Bonchev–Trinajstić information content (AvgIpc) is 2.60. The molecule has 0 heterocycles. The Labute approximate surface area is 141 Å². The van der Waals surface area contributed by atoms with Gasteiger partial charge in [-0.1, -0.05) is 43.3 Å². The van der Waals surface area contributed by atoms with Crippen LogP contribution >= 0.6 is 12.2 Å². The first-order valence-electron chi connectivity index (χ1n) is 7.45. The molecule has 0 radical (unpaired) electrons. The van der Waals surface area contributed by atoms with Crippen LogP contribution in [0.4, 0.5) is 5.69 Å². The van der Waals surface area contributed by atoms with Crippen molar-refractivity contribution in [1.29, 1.82) is 0 Å². The first kappa shape index (κ1) is 17.0. The molecule has 5 heteroatoms. The number of carbonyl (C=O) groups is 1. The lowest BCUT2D eigenvalue weighted by atomic mass is 10.1. The van der Waals surface area contributed by atoms with Gasteiger partial charge in [0.05, 0.1) is 18.7 Å². The number of hydrogen-bond donors (Lipinski definition) is 2. The predicted octanol–water partition coefficient (Wildman–Crippen LogP) is 3.91. The molecule has 0 unspecified atom stereocenters. The first-order chi connectivity index (χ1) is 11.1. The van der Waals surface area contributed by atoms with Crippen LogP contribution in [0.3, 0.4) is 0 Å². The minimum Gasteiger partial charge on any atom is -0.465 e. The number of rotatable bonds is 5. The van der Waals surface area contributed by atoms with Crippen LogP contribution in [0.25, 0.3) is 0 Å². The van der Waals surface area contributed by atoms with Crippen LogP contribution in [-0.2, 0) is 4.74 Å². The molecule has 0 aliphatic heterocycles. The second kappa shape index (κ2) is 8.29. The molecule has 0 amide bonds. The third-order valence-corrected chi connectivity index (χ3v) is 3.68. The van der Waals surface area contributed by atoms with Gasteiger partial charge in [-0.05, 0) is 42.4 Å². The number of esters is 1. The van der Waals surface area contributed by atoms with Gasteiger partial charge in [-0.15, -0.1) is 0 Å². The van der Waals surface area contributed by atoms with Gasteiger partial charge in [0.2, 0.25) is 0 Å². The first-order valence-corrected chi connectivity index (χ1v) is 7.85. The molecule has 4 nitrogen and oxygen atoms in total. The fourth-order valence-electron chi connectivity index (χ4n) is 2.27. The summed E-state index contributed by atoms with van der Waals surface area (Å²) < 4.78 is 4.72. The molecule has 0 aliphatic rings. The molecule has 0 fully saturated rings. The zero-order valence-corrected chi connectivity index (χ0v) is 14.0. The number of nitrogens with one attached hydrogen (secondary N) is 2. The molecular weight excluding hydrogens is 308 g/mol. The van der Waals surface area contributed by atoms with Gasteiger partial charge in [-0.3, -0.25) is 0 Å². The second-order valence-corrected chi connectivity index (χ2v) is 5.45. The van der Waals surface area contributed by atoms with Crippen molar-refractivity contribution in [2.45, 2.75) is 19.4 Å². The van der Waals surface area contributed by atoms with Gasteiger partial charge in [0.1, 0.15) is 0 Å². The summed E-state index contributed by atoms with van der Waals surface area (Å²) in [7, 11) is 1.36. The summed E-state index contributed by atoms with van der Waals surface area (Å²) in [6.07, 6.45) is 0.911. The van der Waals surface area contributed by atoms with Crippen LogP contribution in [0.5, 0.6) is 0 Å². The van der Waals surface area contributed by atoms with E-state index in [4.69, 9.17) is 17.0 Å². The quantitative estimate of drug-likeness (QED) is 0.644. The van der Waals surface area contributed by atoms with E-state index in [0.29, 0.717) is 10.7 Å². The van der Waals surface area contributed by atoms with Gasteiger partial charge in [0.25, 0.3) is 0 Å². The zero-order chi connectivity index (χ0) is 16.7. The lowest BCUT2D eigenvalue weighted by molar-refractivity contribution is 0.0601. The van der Waals surface area contributed by atoms with Crippen molar-refractivity contribution >= 4 is 29.0 Å². The van der Waals surface area contributed by atoms with E-state index in [1.165, 1.54) is 12.7 Å². The topological polar surface area (TPSA) is 50.4 Å². The SMILES string of the molecule is CC[C@@H](NC(=S)Nc1cccc(C(=O)OC)c1)c1ccccc1. The Bertz CT molecular complexity index is 674. The number of methoxy groups -OCH3 is 1. The Kier molecular flexibility index (Phi) is 6.11. The van der Waals surface area contributed by atoms with Crippen LogP contribution in [0, 0.1) is 0 Å². The van der Waals surface area contributed by atoms with E-state index >= 15 is 0 Å². The molecule has 0 aliphatic carbocycles. The summed E-state index contributed by atoms with van der Waals surface area (Å²) in [5.74, 6) is -0.372. The summed E-state index contributed by atoms with van der Waals surface area (Å²) in [6.45, 7) is 2.10. The van der Waals surface area contributed by atoms with Crippen molar-refractivity contribution in [2.75, 3.05) is 12.4 Å². The molecule has 23 heavy (non-hydrogen) atoms.